The number of nitrogens with zero attached hydrogens (tertiary/aromatic N) is 2. The summed E-state index contributed by atoms with van der Waals surface area (Å²) >= 11 is 0. The second-order valence-electron chi connectivity index (χ2n) is 11.3. The van der Waals surface area contributed by atoms with Gasteiger partial charge in [0.15, 0.2) is 11.6 Å². The van der Waals surface area contributed by atoms with Crippen LogP contribution in [0.2, 0.25) is 0 Å². The molecule has 3 aromatic carbocycles. The summed E-state index contributed by atoms with van der Waals surface area (Å²) in [6.45, 7) is 5.32. The quantitative estimate of drug-likeness (QED) is 0.269. The van der Waals surface area contributed by atoms with Crippen LogP contribution < -0.4 is 16.0 Å². The van der Waals surface area contributed by atoms with Crippen LogP contribution in [0.4, 0.5) is 22.7 Å². The Bertz CT molecular complexity index is 1530. The molecule has 0 atom stereocenters. The highest BCUT2D eigenvalue weighted by atomic mass is 16.4. The van der Waals surface area contributed by atoms with Crippen molar-refractivity contribution in [3.8, 4) is 0 Å². The predicted molar refractivity (Wildman–Crippen MR) is 161 cm³/mol. The fourth-order valence-corrected chi connectivity index (χ4v) is 6.77. The number of nitrogens with one attached hydrogen (secondary N) is 1. The minimum atomic E-state index is -0.981. The van der Waals surface area contributed by atoms with Gasteiger partial charge in [-0.05, 0) is 49.1 Å². The highest BCUT2D eigenvalue weighted by Crippen LogP contribution is 2.42. The van der Waals surface area contributed by atoms with Crippen LogP contribution >= 0.6 is 0 Å². The summed E-state index contributed by atoms with van der Waals surface area (Å²) in [5, 5.41) is 12.9. The lowest BCUT2D eigenvalue weighted by Crippen LogP contribution is -2.51. The lowest BCUT2D eigenvalue weighted by Gasteiger charge is -2.42. The van der Waals surface area contributed by atoms with Crippen LogP contribution in [-0.4, -0.2) is 59.8 Å². The van der Waals surface area contributed by atoms with Crippen LogP contribution in [0, 0.1) is 0 Å². The number of hydrogen-bond acceptors (Lipinski definition) is 7. The van der Waals surface area contributed by atoms with Gasteiger partial charge < -0.3 is 21.1 Å². The molecule has 0 spiro atoms. The van der Waals surface area contributed by atoms with Crippen molar-refractivity contribution in [1.82, 2.24) is 4.90 Å². The first kappa shape index (κ1) is 27.0. The number of ketones is 2. The van der Waals surface area contributed by atoms with Gasteiger partial charge in [-0.1, -0.05) is 50.5 Å². The molecular formula is C33H36N4O4. The highest BCUT2D eigenvalue weighted by Gasteiger charge is 2.36. The van der Waals surface area contributed by atoms with Crippen LogP contribution in [0.3, 0.4) is 0 Å². The molecule has 4 N–H and O–H groups in total. The average Bonchev–Trinajstić information content (AvgIpc) is 3.01. The Hall–Kier alpha value is -4.17. The van der Waals surface area contributed by atoms with Gasteiger partial charge in [0.1, 0.15) is 0 Å². The van der Waals surface area contributed by atoms with E-state index < -0.39 is 5.97 Å². The van der Waals surface area contributed by atoms with Crippen molar-refractivity contribution < 1.29 is 19.5 Å². The van der Waals surface area contributed by atoms with E-state index in [0.717, 1.165) is 31.9 Å². The number of fused-ring (bicyclic) bond motifs is 2. The van der Waals surface area contributed by atoms with Crippen LogP contribution in [0.25, 0.3) is 0 Å². The second kappa shape index (κ2) is 11.0. The summed E-state index contributed by atoms with van der Waals surface area (Å²) in [5.74, 6) is -1.49. The number of rotatable bonds is 6. The van der Waals surface area contributed by atoms with Gasteiger partial charge in [0.05, 0.1) is 33.8 Å². The molecule has 8 nitrogen and oxygen atoms in total. The van der Waals surface area contributed by atoms with Gasteiger partial charge in [-0.3, -0.25) is 14.5 Å². The predicted octanol–water partition coefficient (Wildman–Crippen LogP) is 5.50. The summed E-state index contributed by atoms with van der Waals surface area (Å²) in [5.41, 5.74) is 11.1. The number of carbonyl (C=O) groups is 3. The van der Waals surface area contributed by atoms with E-state index in [0.29, 0.717) is 46.2 Å². The van der Waals surface area contributed by atoms with E-state index in [1.54, 1.807) is 42.5 Å². The monoisotopic (exact) mass is 552 g/mol. The number of aromatic carboxylic acids is 1. The van der Waals surface area contributed by atoms with Gasteiger partial charge in [0, 0.05) is 49.0 Å². The maximum absolute atomic E-state index is 13.8. The van der Waals surface area contributed by atoms with E-state index in [-0.39, 0.29) is 28.3 Å². The smallest absolute Gasteiger partial charge is 0.335 e. The van der Waals surface area contributed by atoms with Crippen molar-refractivity contribution in [2.24, 2.45) is 0 Å². The molecule has 0 aromatic heterocycles. The summed E-state index contributed by atoms with van der Waals surface area (Å²) < 4.78 is 0. The molecule has 2 aliphatic carbocycles. The van der Waals surface area contributed by atoms with Crippen molar-refractivity contribution in [2.75, 3.05) is 42.1 Å². The SMILES string of the molecule is CCc1cc(Nc2cc(N3CCN(C4CCCCC4)CC3)c(N)c3c2C(=O)c2ccccc2C3=O)ccc1C(=O)O. The van der Waals surface area contributed by atoms with E-state index in [4.69, 9.17) is 5.73 Å². The minimum absolute atomic E-state index is 0.237. The van der Waals surface area contributed by atoms with Crippen LogP contribution in [0.15, 0.2) is 48.5 Å². The standard InChI is InChI=1S/C33H36N4O4/c1-2-20-18-21(12-13-23(20)33(40)41)35-26-19-27(37-16-14-36(15-17-37)22-8-4-3-5-9-22)30(34)29-28(26)31(38)24-10-6-7-11-25(24)32(29)39/h6-7,10-13,18-19,22,35H,2-5,8-9,14-17,34H2,1H3,(H,40,41). The lowest BCUT2D eigenvalue weighted by molar-refractivity contribution is 0.0695. The van der Waals surface area contributed by atoms with E-state index in [9.17, 15) is 19.5 Å². The van der Waals surface area contributed by atoms with Crippen molar-refractivity contribution in [3.05, 3.63) is 81.9 Å². The van der Waals surface area contributed by atoms with Crippen LogP contribution in [0.5, 0.6) is 0 Å². The molecule has 0 unspecified atom stereocenters. The van der Waals surface area contributed by atoms with E-state index in [1.807, 2.05) is 13.0 Å². The first-order chi connectivity index (χ1) is 19.9. The molecule has 1 heterocycles. The van der Waals surface area contributed by atoms with Crippen molar-refractivity contribution in [1.29, 1.82) is 0 Å². The number of nitrogens with two attached hydrogens (primary N) is 1. The first-order valence-corrected chi connectivity index (χ1v) is 14.6. The number of aryl methyl sites for hydroxylation is 1. The third-order valence-corrected chi connectivity index (χ3v) is 8.96. The van der Waals surface area contributed by atoms with E-state index in [2.05, 4.69) is 15.1 Å². The Kier molecular flexibility index (Phi) is 7.26. The van der Waals surface area contributed by atoms with Crippen LogP contribution in [0.1, 0.15) is 86.8 Å². The van der Waals surface area contributed by atoms with Crippen LogP contribution in [-0.2, 0) is 6.42 Å². The van der Waals surface area contributed by atoms with Crippen molar-refractivity contribution >= 4 is 40.3 Å². The van der Waals surface area contributed by atoms with Gasteiger partial charge in [-0.2, -0.15) is 0 Å². The van der Waals surface area contributed by atoms with Gasteiger partial charge in [0.2, 0.25) is 0 Å². The topological polar surface area (TPSA) is 116 Å². The Morgan fingerprint density at radius 2 is 1.59 bits per heavy atom. The third-order valence-electron chi connectivity index (χ3n) is 8.96. The lowest BCUT2D eigenvalue weighted by atomic mass is 9.81. The molecule has 0 radical (unpaired) electrons. The molecule has 2 fully saturated rings. The van der Waals surface area contributed by atoms with E-state index >= 15 is 0 Å². The van der Waals surface area contributed by atoms with E-state index in [1.165, 1.54) is 32.1 Å². The number of carbonyl (C=O) groups excluding carboxylic acids is 2. The highest BCUT2D eigenvalue weighted by molar-refractivity contribution is 6.32. The molecular weight excluding hydrogens is 516 g/mol. The number of carboxylic acids is 1. The molecule has 8 heteroatoms. The third kappa shape index (κ3) is 4.86. The minimum Gasteiger partial charge on any atom is -0.478 e. The molecule has 1 aliphatic heterocycles. The molecule has 1 saturated heterocycles. The number of anilines is 4. The zero-order valence-electron chi connectivity index (χ0n) is 23.4. The largest absolute Gasteiger partial charge is 0.478 e. The van der Waals surface area contributed by atoms with Gasteiger partial charge >= 0.3 is 5.97 Å². The van der Waals surface area contributed by atoms with Crippen molar-refractivity contribution in [3.63, 3.8) is 0 Å². The molecule has 3 aromatic rings. The summed E-state index contributed by atoms with van der Waals surface area (Å²) in [6.07, 6.45) is 6.97. The molecule has 0 bridgehead atoms. The Morgan fingerprint density at radius 1 is 0.927 bits per heavy atom. The Balaban J connectivity index is 1.40. The average molecular weight is 553 g/mol. The number of hydrogen-bond donors (Lipinski definition) is 3. The Labute approximate surface area is 240 Å². The normalized spacial score (nSPS) is 17.7. The number of nitrogen functional groups attached to an aromatic ring is 1. The molecule has 3 aliphatic rings. The zero-order valence-corrected chi connectivity index (χ0v) is 23.4. The zero-order chi connectivity index (χ0) is 28.7. The molecule has 6 rings (SSSR count). The Morgan fingerprint density at radius 3 is 2.22 bits per heavy atom. The maximum Gasteiger partial charge on any atom is 0.335 e. The molecule has 212 valence electrons. The first-order valence-electron chi connectivity index (χ1n) is 14.6. The summed E-state index contributed by atoms with van der Waals surface area (Å²) in [4.78, 5) is 44.2. The van der Waals surface area contributed by atoms with Gasteiger partial charge in [-0.25, -0.2) is 4.79 Å². The van der Waals surface area contributed by atoms with Gasteiger partial charge in [0.25, 0.3) is 0 Å². The summed E-state index contributed by atoms with van der Waals surface area (Å²) in [6, 6.07) is 14.4. The molecule has 1 saturated carbocycles. The fraction of sp³-hybridized carbons (Fsp3) is 0.364. The molecule has 0 amide bonds. The summed E-state index contributed by atoms with van der Waals surface area (Å²) in [7, 11) is 0. The number of benzene rings is 3. The number of carboxylic acid groups (broad SMARTS) is 1. The second-order valence-corrected chi connectivity index (χ2v) is 11.3. The number of piperazine rings is 1. The fourth-order valence-electron chi connectivity index (χ4n) is 6.77. The molecule has 41 heavy (non-hydrogen) atoms. The van der Waals surface area contributed by atoms with Crippen molar-refractivity contribution in [2.45, 2.75) is 51.5 Å². The maximum atomic E-state index is 13.8. The van der Waals surface area contributed by atoms with Gasteiger partial charge in [-0.15, -0.1) is 0 Å².